The fourth-order valence-electron chi connectivity index (χ4n) is 8.70. The second kappa shape index (κ2) is 13.2. The minimum absolute atomic E-state index is 0.157. The minimum atomic E-state index is -0.157. The Balaban J connectivity index is 1.23. The molecule has 3 aromatic heterocycles. The first kappa shape index (κ1) is 32.7. The summed E-state index contributed by atoms with van der Waals surface area (Å²) in [7, 11) is 0. The Morgan fingerprint density at radius 2 is 0.818 bits per heavy atom. The molecule has 1 aliphatic carbocycles. The van der Waals surface area contributed by atoms with Crippen molar-refractivity contribution in [2.75, 3.05) is 0 Å². The van der Waals surface area contributed by atoms with Crippen molar-refractivity contribution in [3.05, 3.63) is 200 Å². The summed E-state index contributed by atoms with van der Waals surface area (Å²) in [4.78, 5) is 14.2. The van der Waals surface area contributed by atoms with Gasteiger partial charge in [-0.15, -0.1) is 0 Å². The molecule has 0 N–H and O–H groups in total. The van der Waals surface area contributed by atoms with Gasteiger partial charge in [-0.05, 0) is 96.9 Å². The van der Waals surface area contributed by atoms with Crippen LogP contribution in [0.15, 0.2) is 189 Å². The number of hydrogen-bond donors (Lipinski definition) is 0. The second-order valence-electron chi connectivity index (χ2n) is 14.8. The van der Waals surface area contributed by atoms with Gasteiger partial charge >= 0.3 is 0 Å². The van der Waals surface area contributed by atoms with E-state index in [4.69, 9.17) is 4.98 Å². The molecule has 260 valence electrons. The smallest absolute Gasteiger partial charge is 0.0786 e. The highest BCUT2D eigenvalue weighted by molar-refractivity contribution is 6.09. The molecule has 3 heteroatoms. The van der Waals surface area contributed by atoms with Crippen LogP contribution in [0.4, 0.5) is 0 Å². The fraction of sp³-hybridized carbons (Fsp3) is 0.0577. The number of rotatable bonds is 6. The summed E-state index contributed by atoms with van der Waals surface area (Å²) in [6.07, 6.45) is 9.64. The van der Waals surface area contributed by atoms with E-state index in [-0.39, 0.29) is 5.41 Å². The maximum absolute atomic E-state index is 5.26. The van der Waals surface area contributed by atoms with Crippen LogP contribution in [0.3, 0.4) is 0 Å². The maximum Gasteiger partial charge on any atom is 0.0786 e. The zero-order valence-electron chi connectivity index (χ0n) is 30.7. The highest BCUT2D eigenvalue weighted by Gasteiger charge is 2.34. The minimum Gasteiger partial charge on any atom is -0.264 e. The van der Waals surface area contributed by atoms with Crippen molar-refractivity contribution in [1.29, 1.82) is 0 Å². The van der Waals surface area contributed by atoms with Crippen molar-refractivity contribution in [1.82, 2.24) is 15.0 Å². The topological polar surface area (TPSA) is 38.7 Å². The van der Waals surface area contributed by atoms with E-state index in [2.05, 4.69) is 176 Å². The van der Waals surface area contributed by atoms with Crippen LogP contribution in [-0.2, 0) is 5.41 Å². The zero-order valence-corrected chi connectivity index (χ0v) is 30.7. The molecule has 0 saturated heterocycles. The largest absolute Gasteiger partial charge is 0.264 e. The molecule has 0 atom stereocenters. The van der Waals surface area contributed by atoms with Gasteiger partial charge in [0, 0.05) is 64.0 Å². The second-order valence-corrected chi connectivity index (χ2v) is 14.8. The third-order valence-corrected chi connectivity index (χ3v) is 11.3. The molecule has 6 aromatic carbocycles. The highest BCUT2D eigenvalue weighted by Crippen LogP contribution is 2.50. The summed E-state index contributed by atoms with van der Waals surface area (Å²) >= 11 is 0. The molecular weight excluding hydrogens is 667 g/mol. The molecule has 0 saturated carbocycles. The van der Waals surface area contributed by atoms with Crippen molar-refractivity contribution in [2.45, 2.75) is 19.3 Å². The average molecular weight is 704 g/mol. The van der Waals surface area contributed by atoms with Gasteiger partial charge in [0.05, 0.1) is 5.69 Å². The molecule has 3 nitrogen and oxygen atoms in total. The molecule has 0 aliphatic heterocycles. The molecule has 0 spiro atoms. The number of nitrogens with zero attached hydrogens (tertiary/aromatic N) is 3. The first-order valence-electron chi connectivity index (χ1n) is 18.8. The van der Waals surface area contributed by atoms with E-state index in [1.165, 1.54) is 27.5 Å². The number of benzene rings is 6. The Kier molecular flexibility index (Phi) is 7.81. The Labute approximate surface area is 321 Å². The van der Waals surface area contributed by atoms with Gasteiger partial charge in [0.1, 0.15) is 0 Å². The van der Waals surface area contributed by atoms with Gasteiger partial charge in [-0.3, -0.25) is 15.0 Å². The van der Waals surface area contributed by atoms with Crippen LogP contribution in [0.2, 0.25) is 0 Å². The molecule has 0 amide bonds. The lowest BCUT2D eigenvalue weighted by Gasteiger charge is -2.34. The SMILES string of the molecule is CC1(C)c2ccccc2-c2ncc(-c3ccccc3-c3cc(-c4ccccc4-c4cccnc4)cc(-c4ccccc4-c4cccnc4)c3)c3cccc1c23. The van der Waals surface area contributed by atoms with E-state index < -0.39 is 0 Å². The van der Waals surface area contributed by atoms with E-state index in [9.17, 15) is 0 Å². The van der Waals surface area contributed by atoms with Crippen LogP contribution in [0.5, 0.6) is 0 Å². The third kappa shape index (κ3) is 5.47. The fourth-order valence-corrected chi connectivity index (χ4v) is 8.70. The third-order valence-electron chi connectivity index (χ3n) is 11.3. The first-order valence-corrected chi connectivity index (χ1v) is 18.8. The molecule has 55 heavy (non-hydrogen) atoms. The first-order chi connectivity index (χ1) is 27.1. The van der Waals surface area contributed by atoms with E-state index in [1.54, 1.807) is 0 Å². The van der Waals surface area contributed by atoms with Gasteiger partial charge < -0.3 is 0 Å². The molecule has 0 fully saturated rings. The molecular formula is C52H37N3. The summed E-state index contributed by atoms with van der Waals surface area (Å²) < 4.78 is 0. The van der Waals surface area contributed by atoms with Crippen molar-refractivity contribution in [2.24, 2.45) is 0 Å². The van der Waals surface area contributed by atoms with Crippen LogP contribution in [-0.4, -0.2) is 15.0 Å². The highest BCUT2D eigenvalue weighted by atomic mass is 14.7. The Hall–Kier alpha value is -6.97. The van der Waals surface area contributed by atoms with E-state index in [0.29, 0.717) is 0 Å². The lowest BCUT2D eigenvalue weighted by atomic mass is 9.69. The quantitative estimate of drug-likeness (QED) is 0.173. The molecule has 0 bridgehead atoms. The Morgan fingerprint density at radius 3 is 1.35 bits per heavy atom. The summed E-state index contributed by atoms with van der Waals surface area (Å²) in [5.41, 5.74) is 18.3. The van der Waals surface area contributed by atoms with Crippen LogP contribution in [0, 0.1) is 0 Å². The van der Waals surface area contributed by atoms with Gasteiger partial charge in [0.2, 0.25) is 0 Å². The van der Waals surface area contributed by atoms with Crippen molar-refractivity contribution in [3.63, 3.8) is 0 Å². The summed E-state index contributed by atoms with van der Waals surface area (Å²) in [6, 6.07) is 56.9. The lowest BCUT2D eigenvalue weighted by Crippen LogP contribution is -2.24. The number of hydrogen-bond acceptors (Lipinski definition) is 3. The van der Waals surface area contributed by atoms with Gasteiger partial charge in [-0.25, -0.2) is 0 Å². The Morgan fingerprint density at radius 1 is 0.364 bits per heavy atom. The molecule has 9 aromatic rings. The zero-order chi connectivity index (χ0) is 36.9. The monoisotopic (exact) mass is 703 g/mol. The van der Waals surface area contributed by atoms with Crippen LogP contribution < -0.4 is 0 Å². The van der Waals surface area contributed by atoms with E-state index in [1.807, 2.05) is 36.9 Å². The van der Waals surface area contributed by atoms with Crippen molar-refractivity contribution in [3.8, 4) is 78.0 Å². The van der Waals surface area contributed by atoms with Crippen molar-refractivity contribution >= 4 is 10.8 Å². The van der Waals surface area contributed by atoms with Crippen LogP contribution in [0.1, 0.15) is 25.0 Å². The van der Waals surface area contributed by atoms with Gasteiger partial charge in [-0.1, -0.05) is 141 Å². The predicted octanol–water partition coefficient (Wildman–Crippen LogP) is 13.3. The Bertz CT molecular complexity index is 2790. The van der Waals surface area contributed by atoms with E-state index in [0.717, 1.165) is 72.5 Å². The number of aromatic nitrogens is 3. The van der Waals surface area contributed by atoms with Gasteiger partial charge in [-0.2, -0.15) is 0 Å². The molecule has 0 radical (unpaired) electrons. The number of pyridine rings is 3. The van der Waals surface area contributed by atoms with Crippen molar-refractivity contribution < 1.29 is 0 Å². The summed E-state index contributed by atoms with van der Waals surface area (Å²) in [6.45, 7) is 4.67. The number of fused-ring (bicyclic) bond motifs is 2. The summed E-state index contributed by atoms with van der Waals surface area (Å²) in [5, 5.41) is 2.46. The lowest BCUT2D eigenvalue weighted by molar-refractivity contribution is 0.644. The van der Waals surface area contributed by atoms with Crippen LogP contribution >= 0.6 is 0 Å². The normalized spacial score (nSPS) is 12.7. The van der Waals surface area contributed by atoms with Crippen LogP contribution in [0.25, 0.3) is 88.8 Å². The standard InChI is InChI=1S/C52H37N3/c1-52(2)48-24-10-9-22-46(48)51-50-45(23-11-25-49(50)52)47(33-55-51)44-21-8-7-20-43(44)38-29-36(41-18-5-3-16-39(41)34-14-12-26-53-31-34)28-37(30-38)42-19-6-4-17-40(42)35-15-13-27-54-32-35/h3-33H,1-2H3. The maximum atomic E-state index is 5.26. The van der Waals surface area contributed by atoms with E-state index >= 15 is 0 Å². The molecule has 10 rings (SSSR count). The molecule has 1 aliphatic rings. The van der Waals surface area contributed by atoms with Gasteiger partial charge in [0.15, 0.2) is 0 Å². The predicted molar refractivity (Wildman–Crippen MR) is 228 cm³/mol. The average Bonchev–Trinajstić information content (AvgIpc) is 3.26. The molecule has 0 unspecified atom stereocenters. The van der Waals surface area contributed by atoms with Gasteiger partial charge in [0.25, 0.3) is 0 Å². The molecule has 3 heterocycles. The summed E-state index contributed by atoms with van der Waals surface area (Å²) in [5.74, 6) is 0.